The largest absolute Gasteiger partial charge is 0.497 e. The maximum Gasteiger partial charge on any atom is 0.431 e. The topological polar surface area (TPSA) is 67.6 Å². The van der Waals surface area contributed by atoms with E-state index in [4.69, 9.17) is 4.74 Å². The minimum Gasteiger partial charge on any atom is -0.497 e. The number of nitrogens with one attached hydrogen (secondary N) is 1. The molecule has 3 aromatic rings. The maximum atomic E-state index is 13.6. The van der Waals surface area contributed by atoms with Crippen LogP contribution >= 0.6 is 0 Å². The summed E-state index contributed by atoms with van der Waals surface area (Å²) in [7, 11) is 1.48. The van der Waals surface area contributed by atoms with Crippen molar-refractivity contribution in [2.24, 2.45) is 0 Å². The van der Waals surface area contributed by atoms with Gasteiger partial charge in [0.25, 0.3) is 5.69 Å². The van der Waals surface area contributed by atoms with Gasteiger partial charge in [-0.1, -0.05) is 25.3 Å². The Hall–Kier alpha value is -4.27. The van der Waals surface area contributed by atoms with E-state index in [0.29, 0.717) is 33.9 Å². The van der Waals surface area contributed by atoms with Crippen LogP contribution in [-0.2, 0) is 0 Å². The van der Waals surface area contributed by atoms with Crippen molar-refractivity contribution in [1.29, 1.82) is 0 Å². The van der Waals surface area contributed by atoms with Gasteiger partial charge in [0.1, 0.15) is 11.4 Å². The molecule has 9 heteroatoms. The van der Waals surface area contributed by atoms with E-state index in [0.717, 1.165) is 4.90 Å². The first-order chi connectivity index (χ1) is 16.0. The van der Waals surface area contributed by atoms with Crippen LogP contribution in [-0.4, -0.2) is 18.2 Å². The Bertz CT molecular complexity index is 1240. The molecule has 6 nitrogen and oxygen atoms in total. The van der Waals surface area contributed by atoms with E-state index in [9.17, 15) is 23.3 Å². The van der Waals surface area contributed by atoms with Crippen molar-refractivity contribution in [3.8, 4) is 5.75 Å². The van der Waals surface area contributed by atoms with Crippen LogP contribution in [0.15, 0.2) is 85.6 Å². The molecule has 3 aromatic carbocycles. The minimum absolute atomic E-state index is 0.0769. The summed E-state index contributed by atoms with van der Waals surface area (Å²) >= 11 is 0. The molecule has 0 amide bonds. The summed E-state index contributed by atoms with van der Waals surface area (Å²) in [5.41, 5.74) is 1.48. The normalized spacial score (nSPS) is 11.0. The molecule has 1 N–H and O–H groups in total. The van der Waals surface area contributed by atoms with Crippen LogP contribution < -0.4 is 15.0 Å². The molecule has 0 spiro atoms. The van der Waals surface area contributed by atoms with E-state index < -0.39 is 16.8 Å². The highest BCUT2D eigenvalue weighted by Crippen LogP contribution is 2.40. The van der Waals surface area contributed by atoms with Crippen molar-refractivity contribution < 1.29 is 22.8 Å². The monoisotopic (exact) mass is 469 g/mol. The number of nitrogens with zero attached hydrogens (tertiary/aromatic N) is 2. The molecule has 0 saturated carbocycles. The summed E-state index contributed by atoms with van der Waals surface area (Å²) in [4.78, 5) is 11.5. The zero-order valence-electron chi connectivity index (χ0n) is 18.5. The number of hydrogen-bond donors (Lipinski definition) is 1. The second-order valence-electron chi connectivity index (χ2n) is 7.39. The smallest absolute Gasteiger partial charge is 0.431 e. The Morgan fingerprint density at radius 2 is 1.74 bits per heavy atom. The summed E-state index contributed by atoms with van der Waals surface area (Å²) in [6.45, 7) is 8.86. The molecule has 0 aliphatic heterocycles. The molecule has 0 aliphatic rings. The van der Waals surface area contributed by atoms with Crippen molar-refractivity contribution >= 4 is 28.4 Å². The number of allylic oxidation sites excluding steroid dienone is 1. The fraction of sp³-hybridized carbons (Fsp3) is 0.120. The van der Waals surface area contributed by atoms with Gasteiger partial charge in [-0.25, -0.2) is 0 Å². The third kappa shape index (κ3) is 5.37. The maximum absolute atomic E-state index is 13.6. The number of non-ortho nitro benzene ring substituents is 1. The molecule has 34 heavy (non-hydrogen) atoms. The van der Waals surface area contributed by atoms with Crippen LogP contribution in [0.1, 0.15) is 11.1 Å². The van der Waals surface area contributed by atoms with E-state index in [2.05, 4.69) is 18.5 Å². The molecular formula is C25H22F3N3O3. The van der Waals surface area contributed by atoms with Crippen LogP contribution in [0, 0.1) is 17.0 Å². The average molecular weight is 469 g/mol. The molecule has 0 atom stereocenters. The SMILES string of the molecule is C=C(Nc1ccc(N(C(=C)C(F)(F)F)c2ccc(OC)cc2C)cc1)c1cccc([N+](=O)[O-])c1. The Kier molecular flexibility index (Phi) is 6.95. The lowest BCUT2D eigenvalue weighted by Crippen LogP contribution is -2.27. The summed E-state index contributed by atoms with van der Waals surface area (Å²) < 4.78 is 46.1. The van der Waals surface area contributed by atoms with Gasteiger partial charge in [0.2, 0.25) is 0 Å². The first kappa shape index (κ1) is 24.4. The highest BCUT2D eigenvalue weighted by atomic mass is 19.4. The summed E-state index contributed by atoms with van der Waals surface area (Å²) in [6, 6.07) is 16.9. The van der Waals surface area contributed by atoms with Crippen LogP contribution in [0.2, 0.25) is 0 Å². The number of halogens is 3. The summed E-state index contributed by atoms with van der Waals surface area (Å²) in [5, 5.41) is 14.0. The van der Waals surface area contributed by atoms with Crippen molar-refractivity contribution in [2.45, 2.75) is 13.1 Å². The number of benzene rings is 3. The van der Waals surface area contributed by atoms with Crippen molar-refractivity contribution in [2.75, 3.05) is 17.3 Å². The number of hydrogen-bond acceptors (Lipinski definition) is 5. The second-order valence-corrected chi connectivity index (χ2v) is 7.39. The Morgan fingerprint density at radius 3 is 2.29 bits per heavy atom. The van der Waals surface area contributed by atoms with Crippen molar-refractivity contribution in [3.63, 3.8) is 0 Å². The third-order valence-electron chi connectivity index (χ3n) is 5.07. The van der Waals surface area contributed by atoms with Gasteiger partial charge in [0.15, 0.2) is 0 Å². The number of nitro benzene ring substituents is 1. The predicted octanol–water partition coefficient (Wildman–Crippen LogP) is 7.21. The Balaban J connectivity index is 1.91. The molecule has 0 unspecified atom stereocenters. The number of anilines is 3. The highest BCUT2D eigenvalue weighted by molar-refractivity contribution is 5.78. The van der Waals surface area contributed by atoms with E-state index in [1.165, 1.54) is 31.4 Å². The fourth-order valence-corrected chi connectivity index (χ4v) is 3.32. The average Bonchev–Trinajstić information content (AvgIpc) is 2.80. The molecule has 0 bridgehead atoms. The molecule has 0 radical (unpaired) electrons. The molecule has 0 aliphatic carbocycles. The molecular weight excluding hydrogens is 447 g/mol. The van der Waals surface area contributed by atoms with Gasteiger partial charge in [-0.3, -0.25) is 10.1 Å². The summed E-state index contributed by atoms with van der Waals surface area (Å²) in [6.07, 6.45) is -4.65. The number of methoxy groups -OCH3 is 1. The molecule has 0 saturated heterocycles. The molecule has 0 heterocycles. The number of aryl methyl sites for hydroxylation is 1. The van der Waals surface area contributed by atoms with Gasteiger partial charge < -0.3 is 15.0 Å². The van der Waals surface area contributed by atoms with Gasteiger partial charge in [-0.05, 0) is 55.0 Å². The second kappa shape index (κ2) is 9.70. The highest BCUT2D eigenvalue weighted by Gasteiger charge is 2.37. The van der Waals surface area contributed by atoms with Gasteiger partial charge in [-0.15, -0.1) is 0 Å². The third-order valence-corrected chi connectivity index (χ3v) is 5.07. The van der Waals surface area contributed by atoms with E-state index in [-0.39, 0.29) is 11.4 Å². The van der Waals surface area contributed by atoms with E-state index >= 15 is 0 Å². The molecule has 0 fully saturated rings. The first-order valence-electron chi connectivity index (χ1n) is 10.0. The van der Waals surface area contributed by atoms with Gasteiger partial charge in [-0.2, -0.15) is 13.2 Å². The Labute approximate surface area is 194 Å². The van der Waals surface area contributed by atoms with Crippen molar-refractivity contribution in [3.05, 3.63) is 107 Å². The molecule has 176 valence electrons. The lowest BCUT2D eigenvalue weighted by molar-refractivity contribution is -0.384. The zero-order chi connectivity index (χ0) is 25.0. The first-order valence-corrected chi connectivity index (χ1v) is 10.0. The fourth-order valence-electron chi connectivity index (χ4n) is 3.32. The molecule has 0 aromatic heterocycles. The van der Waals surface area contributed by atoms with Gasteiger partial charge >= 0.3 is 6.18 Å². The lowest BCUT2D eigenvalue weighted by Gasteiger charge is -2.30. The number of rotatable bonds is 8. The number of nitro groups is 1. The van der Waals surface area contributed by atoms with Crippen molar-refractivity contribution in [1.82, 2.24) is 0 Å². The summed E-state index contributed by atoms with van der Waals surface area (Å²) in [5.74, 6) is 0.526. The minimum atomic E-state index is -4.65. The standard InChI is InChI=1S/C25H22F3N3O3/c1-16-14-23(34-4)12-13-24(16)30(18(3)25(26,27)28)21-10-8-20(9-11-21)29-17(2)19-6-5-7-22(15-19)31(32)33/h5-15,29H,2-3H2,1,4H3. The predicted molar refractivity (Wildman–Crippen MR) is 127 cm³/mol. The Morgan fingerprint density at radius 1 is 1.06 bits per heavy atom. The van der Waals surface area contributed by atoms with Crippen LogP contribution in [0.5, 0.6) is 5.75 Å². The number of ether oxygens (including phenoxy) is 1. The zero-order valence-corrected chi connectivity index (χ0v) is 18.5. The quantitative estimate of drug-likeness (QED) is 0.279. The lowest BCUT2D eigenvalue weighted by atomic mass is 10.1. The van der Waals surface area contributed by atoms with Gasteiger partial charge in [0.05, 0.1) is 12.0 Å². The molecule has 3 rings (SSSR count). The van der Waals surface area contributed by atoms with Crippen LogP contribution in [0.25, 0.3) is 5.70 Å². The number of alkyl halides is 3. The van der Waals surface area contributed by atoms with E-state index in [1.54, 1.807) is 49.4 Å². The van der Waals surface area contributed by atoms with E-state index in [1.807, 2.05) is 0 Å². The van der Waals surface area contributed by atoms with Gasteiger partial charge in [0, 0.05) is 40.5 Å². The van der Waals surface area contributed by atoms with Crippen LogP contribution in [0.3, 0.4) is 0 Å². The van der Waals surface area contributed by atoms with Crippen LogP contribution in [0.4, 0.5) is 35.9 Å².